The fourth-order valence-electron chi connectivity index (χ4n) is 2.24. The number of aromatic hydroxyl groups is 2. The van der Waals surface area contributed by atoms with E-state index in [1.165, 1.54) is 18.2 Å². The lowest BCUT2D eigenvalue weighted by Crippen LogP contribution is -2.09. The Morgan fingerprint density at radius 1 is 1.08 bits per heavy atom. The predicted molar refractivity (Wildman–Crippen MR) is 90.0 cm³/mol. The minimum atomic E-state index is -0.780. The van der Waals surface area contributed by atoms with Gasteiger partial charge in [-0.05, 0) is 43.2 Å². The molecule has 5 nitrogen and oxygen atoms in total. The van der Waals surface area contributed by atoms with Crippen molar-refractivity contribution in [3.8, 4) is 11.5 Å². The molecule has 2 rings (SSSR count). The van der Waals surface area contributed by atoms with Crippen LogP contribution in [0, 0.1) is 0 Å². The quantitative estimate of drug-likeness (QED) is 0.635. The van der Waals surface area contributed by atoms with E-state index in [1.54, 1.807) is 19.1 Å². The molecule has 2 aromatic rings. The predicted octanol–water partition coefficient (Wildman–Crippen LogP) is 3.72. The lowest BCUT2D eigenvalue weighted by molar-refractivity contribution is 0.0523. The average molecular weight is 349 g/mol. The van der Waals surface area contributed by atoms with Crippen molar-refractivity contribution in [2.24, 2.45) is 0 Å². The van der Waals surface area contributed by atoms with Gasteiger partial charge in [-0.15, -0.1) is 0 Å². The topological polar surface area (TPSA) is 83.8 Å². The standard InChI is InChI=1S/C18H17ClO5/c1-3-10-5-6-15(20)12(7-10)16(21)11-8-13(18(23)24-4-2)17(22)14(19)9-11/h5-9,20,22H,3-4H2,1-2H3. The number of esters is 1. The first kappa shape index (κ1) is 17.8. The summed E-state index contributed by atoms with van der Waals surface area (Å²) in [6, 6.07) is 7.21. The summed E-state index contributed by atoms with van der Waals surface area (Å²) < 4.78 is 4.85. The number of phenolic OH excluding ortho intramolecular Hbond substituents is 2. The Morgan fingerprint density at radius 2 is 1.79 bits per heavy atom. The Hall–Kier alpha value is -2.53. The van der Waals surface area contributed by atoms with Crippen LogP contribution in [0.25, 0.3) is 0 Å². The zero-order valence-corrected chi connectivity index (χ0v) is 14.1. The molecule has 0 saturated carbocycles. The van der Waals surface area contributed by atoms with Gasteiger partial charge in [0.15, 0.2) is 5.78 Å². The third-order valence-electron chi connectivity index (χ3n) is 3.53. The molecule has 0 aliphatic heterocycles. The van der Waals surface area contributed by atoms with Crippen LogP contribution < -0.4 is 0 Å². The molecule has 0 heterocycles. The van der Waals surface area contributed by atoms with E-state index in [4.69, 9.17) is 16.3 Å². The third-order valence-corrected chi connectivity index (χ3v) is 3.82. The van der Waals surface area contributed by atoms with Crippen LogP contribution in [-0.4, -0.2) is 28.6 Å². The Labute approximate surface area is 144 Å². The second-order valence-corrected chi connectivity index (χ2v) is 5.52. The first-order valence-electron chi connectivity index (χ1n) is 7.45. The summed E-state index contributed by atoms with van der Waals surface area (Å²) in [4.78, 5) is 24.6. The fraction of sp³-hybridized carbons (Fsp3) is 0.222. The molecular formula is C18H17ClO5. The van der Waals surface area contributed by atoms with Crippen LogP contribution in [0.5, 0.6) is 11.5 Å². The minimum Gasteiger partial charge on any atom is -0.507 e. The van der Waals surface area contributed by atoms with Gasteiger partial charge < -0.3 is 14.9 Å². The molecule has 0 amide bonds. The van der Waals surface area contributed by atoms with Crippen LogP contribution in [-0.2, 0) is 11.2 Å². The SMILES string of the molecule is CCOC(=O)c1cc(C(=O)c2cc(CC)ccc2O)cc(Cl)c1O. The number of ether oxygens (including phenoxy) is 1. The summed E-state index contributed by atoms with van der Waals surface area (Å²) in [6.07, 6.45) is 0.699. The van der Waals surface area contributed by atoms with E-state index in [0.29, 0.717) is 6.42 Å². The van der Waals surface area contributed by atoms with Crippen LogP contribution in [0.2, 0.25) is 5.02 Å². The zero-order chi connectivity index (χ0) is 17.9. The Balaban J connectivity index is 2.52. The van der Waals surface area contributed by atoms with E-state index in [9.17, 15) is 19.8 Å². The summed E-state index contributed by atoms with van der Waals surface area (Å²) in [5.74, 6) is -1.90. The molecule has 0 bridgehead atoms. The first-order valence-corrected chi connectivity index (χ1v) is 7.83. The number of hydrogen-bond donors (Lipinski definition) is 2. The van der Waals surface area contributed by atoms with E-state index in [2.05, 4.69) is 0 Å². The normalized spacial score (nSPS) is 10.5. The van der Waals surface area contributed by atoms with Crippen molar-refractivity contribution in [1.82, 2.24) is 0 Å². The molecule has 0 fully saturated rings. The molecule has 0 aliphatic carbocycles. The van der Waals surface area contributed by atoms with Crippen LogP contribution in [0.1, 0.15) is 45.7 Å². The van der Waals surface area contributed by atoms with Crippen molar-refractivity contribution in [3.63, 3.8) is 0 Å². The van der Waals surface area contributed by atoms with Gasteiger partial charge >= 0.3 is 5.97 Å². The van der Waals surface area contributed by atoms with Gasteiger partial charge in [-0.25, -0.2) is 4.79 Å². The number of rotatable bonds is 5. The minimum absolute atomic E-state index is 0.0735. The molecule has 2 aromatic carbocycles. The van der Waals surface area contributed by atoms with Gasteiger partial charge in [0.25, 0.3) is 0 Å². The second-order valence-electron chi connectivity index (χ2n) is 5.11. The largest absolute Gasteiger partial charge is 0.507 e. The molecule has 126 valence electrons. The molecule has 0 aliphatic rings. The highest BCUT2D eigenvalue weighted by molar-refractivity contribution is 6.33. The number of carbonyl (C=O) groups excluding carboxylic acids is 2. The van der Waals surface area contributed by atoms with Crippen molar-refractivity contribution in [3.05, 3.63) is 57.6 Å². The Bertz CT molecular complexity index is 798. The van der Waals surface area contributed by atoms with Crippen molar-refractivity contribution < 1.29 is 24.5 Å². The van der Waals surface area contributed by atoms with E-state index < -0.39 is 17.5 Å². The van der Waals surface area contributed by atoms with Gasteiger partial charge in [0.1, 0.15) is 17.1 Å². The number of ketones is 1. The third kappa shape index (κ3) is 3.51. The lowest BCUT2D eigenvalue weighted by Gasteiger charge is -2.10. The number of halogens is 1. The summed E-state index contributed by atoms with van der Waals surface area (Å²) in [6.45, 7) is 3.67. The van der Waals surface area contributed by atoms with Gasteiger partial charge in [0, 0.05) is 5.56 Å². The molecule has 0 spiro atoms. The van der Waals surface area contributed by atoms with E-state index in [1.807, 2.05) is 6.92 Å². The van der Waals surface area contributed by atoms with Gasteiger partial charge in [-0.2, -0.15) is 0 Å². The highest BCUT2D eigenvalue weighted by Crippen LogP contribution is 2.32. The van der Waals surface area contributed by atoms with Gasteiger partial charge in [0.05, 0.1) is 17.2 Å². The molecule has 24 heavy (non-hydrogen) atoms. The van der Waals surface area contributed by atoms with Gasteiger partial charge in [-0.1, -0.05) is 24.6 Å². The smallest absolute Gasteiger partial charge is 0.341 e. The van der Waals surface area contributed by atoms with Crippen LogP contribution in [0.4, 0.5) is 0 Å². The molecule has 0 radical (unpaired) electrons. The number of benzene rings is 2. The van der Waals surface area contributed by atoms with Gasteiger partial charge in [0.2, 0.25) is 0 Å². The fourth-order valence-corrected chi connectivity index (χ4v) is 2.45. The van der Waals surface area contributed by atoms with Crippen molar-refractivity contribution in [1.29, 1.82) is 0 Å². The second kappa shape index (κ2) is 7.36. The summed E-state index contributed by atoms with van der Waals surface area (Å²) in [7, 11) is 0. The highest BCUT2D eigenvalue weighted by atomic mass is 35.5. The molecule has 0 atom stereocenters. The molecule has 0 saturated heterocycles. The number of hydrogen-bond acceptors (Lipinski definition) is 5. The summed E-state index contributed by atoms with van der Waals surface area (Å²) in [5, 5.41) is 19.7. The van der Waals surface area contributed by atoms with E-state index in [-0.39, 0.29) is 34.1 Å². The van der Waals surface area contributed by atoms with Gasteiger partial charge in [-0.3, -0.25) is 4.79 Å². The van der Waals surface area contributed by atoms with Crippen LogP contribution >= 0.6 is 11.6 Å². The lowest BCUT2D eigenvalue weighted by atomic mass is 9.98. The summed E-state index contributed by atoms with van der Waals surface area (Å²) >= 11 is 5.92. The Morgan fingerprint density at radius 3 is 2.42 bits per heavy atom. The van der Waals surface area contributed by atoms with Crippen molar-refractivity contribution in [2.45, 2.75) is 20.3 Å². The molecular weight excluding hydrogens is 332 g/mol. The number of aryl methyl sites for hydroxylation is 1. The van der Waals surface area contributed by atoms with E-state index in [0.717, 1.165) is 5.56 Å². The molecule has 6 heteroatoms. The average Bonchev–Trinajstić information content (AvgIpc) is 2.57. The van der Waals surface area contributed by atoms with Crippen LogP contribution in [0.3, 0.4) is 0 Å². The monoisotopic (exact) mass is 348 g/mol. The molecule has 0 unspecified atom stereocenters. The van der Waals surface area contributed by atoms with E-state index >= 15 is 0 Å². The van der Waals surface area contributed by atoms with Crippen molar-refractivity contribution >= 4 is 23.4 Å². The molecule has 2 N–H and O–H groups in total. The number of carbonyl (C=O) groups is 2. The maximum atomic E-state index is 12.7. The Kier molecular flexibility index (Phi) is 5.46. The van der Waals surface area contributed by atoms with Crippen LogP contribution in [0.15, 0.2) is 30.3 Å². The number of phenols is 2. The highest BCUT2D eigenvalue weighted by Gasteiger charge is 2.21. The first-order chi connectivity index (χ1) is 11.4. The maximum absolute atomic E-state index is 12.7. The molecule has 0 aromatic heterocycles. The zero-order valence-electron chi connectivity index (χ0n) is 13.3. The summed E-state index contributed by atoms with van der Waals surface area (Å²) in [5.41, 5.74) is 0.862. The maximum Gasteiger partial charge on any atom is 0.341 e. The van der Waals surface area contributed by atoms with Crippen molar-refractivity contribution in [2.75, 3.05) is 6.61 Å².